The molecule has 0 N–H and O–H groups in total. The monoisotopic (exact) mass is 317 g/mol. The summed E-state index contributed by atoms with van der Waals surface area (Å²) in [6, 6.07) is 0.191. The molecule has 0 bridgehead atoms. The van der Waals surface area contributed by atoms with Crippen LogP contribution in [0.1, 0.15) is 81.9 Å². The Morgan fingerprint density at radius 3 is 2.70 bits per heavy atom. The summed E-state index contributed by atoms with van der Waals surface area (Å²) >= 11 is 0. The third-order valence-electron chi connectivity index (χ3n) is 4.49. The maximum Gasteiger partial charge on any atom is 0.230 e. The van der Waals surface area contributed by atoms with E-state index in [0.29, 0.717) is 24.2 Å². The molecule has 0 aromatic carbocycles. The van der Waals surface area contributed by atoms with Crippen LogP contribution >= 0.6 is 0 Å². The fraction of sp³-hybridized carbons (Fsp3) is 0.750. The zero-order valence-corrected chi connectivity index (χ0v) is 13.9. The van der Waals surface area contributed by atoms with Crippen LogP contribution in [0.2, 0.25) is 0 Å². The molecule has 1 aliphatic carbocycles. The summed E-state index contributed by atoms with van der Waals surface area (Å²) in [5.74, 6) is 3.45. The van der Waals surface area contributed by atoms with Gasteiger partial charge in [0.1, 0.15) is 0 Å². The minimum absolute atomic E-state index is 0.123. The van der Waals surface area contributed by atoms with Gasteiger partial charge in [0.15, 0.2) is 5.82 Å². The van der Waals surface area contributed by atoms with Crippen LogP contribution in [0.3, 0.4) is 0 Å². The fourth-order valence-corrected chi connectivity index (χ4v) is 2.98. The highest BCUT2D eigenvalue weighted by Gasteiger charge is 2.35. The van der Waals surface area contributed by atoms with Gasteiger partial charge in [0, 0.05) is 11.3 Å². The van der Waals surface area contributed by atoms with Gasteiger partial charge in [-0.15, -0.1) is 10.2 Å². The smallest absolute Gasteiger partial charge is 0.230 e. The van der Waals surface area contributed by atoms with Gasteiger partial charge < -0.3 is 8.94 Å². The van der Waals surface area contributed by atoms with Crippen LogP contribution < -0.4 is 0 Å². The summed E-state index contributed by atoms with van der Waals surface area (Å²) in [5.41, 5.74) is -0.123. The summed E-state index contributed by atoms with van der Waals surface area (Å²) < 4.78 is 11.2. The van der Waals surface area contributed by atoms with Crippen molar-refractivity contribution in [1.82, 2.24) is 25.2 Å². The zero-order chi connectivity index (χ0) is 16.0. The predicted molar refractivity (Wildman–Crippen MR) is 81.7 cm³/mol. The molecule has 7 nitrogen and oxygen atoms in total. The molecule has 1 aliphatic heterocycles. The highest BCUT2D eigenvalue weighted by Crippen LogP contribution is 2.40. The normalized spacial score (nSPS) is 22.8. The van der Waals surface area contributed by atoms with E-state index >= 15 is 0 Å². The highest BCUT2D eigenvalue weighted by atomic mass is 16.5. The fourth-order valence-electron chi connectivity index (χ4n) is 2.98. The van der Waals surface area contributed by atoms with E-state index in [9.17, 15) is 0 Å². The molecule has 1 saturated carbocycles. The topological polar surface area (TPSA) is 81.1 Å². The van der Waals surface area contributed by atoms with Crippen LogP contribution in [-0.4, -0.2) is 31.8 Å². The Kier molecular flexibility index (Phi) is 3.48. The van der Waals surface area contributed by atoms with Gasteiger partial charge in [-0.1, -0.05) is 25.9 Å². The maximum atomic E-state index is 5.82. The van der Waals surface area contributed by atoms with Crippen LogP contribution in [-0.2, 0) is 12.0 Å². The van der Waals surface area contributed by atoms with E-state index in [2.05, 4.69) is 46.0 Å². The number of hydrogen-bond donors (Lipinski definition) is 0. The van der Waals surface area contributed by atoms with Crippen molar-refractivity contribution in [1.29, 1.82) is 0 Å². The molecule has 3 heterocycles. The second-order valence-electron chi connectivity index (χ2n) is 7.64. The van der Waals surface area contributed by atoms with Crippen molar-refractivity contribution in [2.45, 2.75) is 70.4 Å². The Hall–Kier alpha value is -1.76. The lowest BCUT2D eigenvalue weighted by Gasteiger charge is -2.19. The molecule has 0 spiro atoms. The third kappa shape index (κ3) is 3.02. The second kappa shape index (κ2) is 5.40. The van der Waals surface area contributed by atoms with Gasteiger partial charge in [-0.25, -0.2) is 0 Å². The lowest BCUT2D eigenvalue weighted by atomic mass is 9.97. The first-order valence-electron chi connectivity index (χ1n) is 8.41. The van der Waals surface area contributed by atoms with E-state index in [1.807, 2.05) is 0 Å². The Balaban J connectivity index is 1.47. The van der Waals surface area contributed by atoms with Crippen molar-refractivity contribution in [2.24, 2.45) is 0 Å². The third-order valence-corrected chi connectivity index (χ3v) is 4.49. The van der Waals surface area contributed by atoms with Crippen molar-refractivity contribution in [3.63, 3.8) is 0 Å². The predicted octanol–water partition coefficient (Wildman–Crippen LogP) is 2.96. The van der Waals surface area contributed by atoms with E-state index < -0.39 is 0 Å². The lowest BCUT2D eigenvalue weighted by molar-refractivity contribution is 0.207. The molecule has 0 unspecified atom stereocenters. The van der Waals surface area contributed by atoms with Gasteiger partial charge in [-0.05, 0) is 32.2 Å². The van der Waals surface area contributed by atoms with Gasteiger partial charge in [0.2, 0.25) is 17.7 Å². The van der Waals surface area contributed by atoms with Crippen molar-refractivity contribution in [3.8, 4) is 0 Å². The number of nitrogens with zero attached hydrogens (tertiary/aromatic N) is 5. The van der Waals surface area contributed by atoms with E-state index in [1.54, 1.807) is 0 Å². The minimum Gasteiger partial charge on any atom is -0.423 e. The first-order valence-corrected chi connectivity index (χ1v) is 8.41. The average molecular weight is 317 g/mol. The minimum atomic E-state index is -0.123. The van der Waals surface area contributed by atoms with Crippen LogP contribution in [0.4, 0.5) is 0 Å². The molecule has 1 saturated heterocycles. The van der Waals surface area contributed by atoms with E-state index in [1.165, 1.54) is 12.8 Å². The number of likely N-dealkylation sites (tertiary alicyclic amines) is 1. The molecule has 7 heteroatoms. The molecule has 2 fully saturated rings. The number of rotatable bonds is 4. The standard InChI is InChI=1S/C16H23N5O2/c1-16(2,3)15-19-18-12(22-15)9-21-8-4-5-11(21)13-17-14(23-20-13)10-6-7-10/h10-11H,4-9H2,1-3H3/t11-/m0/s1. The van der Waals surface area contributed by atoms with Crippen LogP contribution in [0.5, 0.6) is 0 Å². The van der Waals surface area contributed by atoms with Gasteiger partial charge in [-0.3, -0.25) is 4.90 Å². The van der Waals surface area contributed by atoms with Gasteiger partial charge in [-0.2, -0.15) is 4.98 Å². The largest absolute Gasteiger partial charge is 0.423 e. The molecule has 0 radical (unpaired) electrons. The van der Waals surface area contributed by atoms with Crippen molar-refractivity contribution < 1.29 is 8.94 Å². The van der Waals surface area contributed by atoms with Gasteiger partial charge in [0.25, 0.3) is 0 Å². The molecule has 1 atom stereocenters. The lowest BCUT2D eigenvalue weighted by Crippen LogP contribution is -2.23. The van der Waals surface area contributed by atoms with Crippen LogP contribution in [0.25, 0.3) is 0 Å². The molecular weight excluding hydrogens is 294 g/mol. The zero-order valence-electron chi connectivity index (χ0n) is 13.9. The molecule has 4 rings (SSSR count). The molecule has 2 aliphatic rings. The van der Waals surface area contributed by atoms with Crippen LogP contribution in [0, 0.1) is 0 Å². The first kappa shape index (κ1) is 14.8. The number of aromatic nitrogens is 4. The van der Waals surface area contributed by atoms with E-state index in [-0.39, 0.29) is 11.5 Å². The summed E-state index contributed by atoms with van der Waals surface area (Å²) in [6.07, 6.45) is 4.52. The molecule has 23 heavy (non-hydrogen) atoms. The van der Waals surface area contributed by atoms with E-state index in [0.717, 1.165) is 31.1 Å². The van der Waals surface area contributed by atoms with Gasteiger partial charge in [0.05, 0.1) is 12.6 Å². The summed E-state index contributed by atoms with van der Waals surface area (Å²) in [5, 5.41) is 12.6. The van der Waals surface area contributed by atoms with E-state index in [4.69, 9.17) is 8.94 Å². The number of hydrogen-bond acceptors (Lipinski definition) is 7. The Morgan fingerprint density at radius 1 is 1.17 bits per heavy atom. The summed E-state index contributed by atoms with van der Waals surface area (Å²) in [6.45, 7) is 7.84. The Labute approximate surface area is 135 Å². The maximum absolute atomic E-state index is 5.82. The average Bonchev–Trinajstić information content (AvgIpc) is 2.95. The SMILES string of the molecule is CC(C)(C)c1nnc(CN2CCC[C@H]2c2noc(C3CC3)n2)o1. The van der Waals surface area contributed by atoms with Crippen LogP contribution in [0.15, 0.2) is 8.94 Å². The second-order valence-corrected chi connectivity index (χ2v) is 7.64. The van der Waals surface area contributed by atoms with Crippen molar-refractivity contribution in [2.75, 3.05) is 6.54 Å². The molecule has 2 aromatic heterocycles. The molecule has 2 aromatic rings. The van der Waals surface area contributed by atoms with Gasteiger partial charge >= 0.3 is 0 Å². The Morgan fingerprint density at radius 2 is 2.00 bits per heavy atom. The Bertz CT molecular complexity index is 683. The summed E-state index contributed by atoms with van der Waals surface area (Å²) in [4.78, 5) is 6.91. The quantitative estimate of drug-likeness (QED) is 0.857. The molecular formula is C16H23N5O2. The molecule has 124 valence electrons. The summed E-state index contributed by atoms with van der Waals surface area (Å²) in [7, 11) is 0. The highest BCUT2D eigenvalue weighted by molar-refractivity contribution is 5.05. The first-order chi connectivity index (χ1) is 11.0. The van der Waals surface area contributed by atoms with Crippen molar-refractivity contribution in [3.05, 3.63) is 23.5 Å². The van der Waals surface area contributed by atoms with Crippen molar-refractivity contribution >= 4 is 0 Å². The molecule has 0 amide bonds.